The van der Waals surface area contributed by atoms with Gasteiger partial charge in [-0.15, -0.1) is 0 Å². The number of benzene rings is 1. The van der Waals surface area contributed by atoms with E-state index in [1.165, 1.54) is 13.3 Å². The van der Waals surface area contributed by atoms with Gasteiger partial charge in [0.25, 0.3) is 0 Å². The van der Waals surface area contributed by atoms with Crippen molar-refractivity contribution in [2.45, 2.75) is 37.7 Å². The van der Waals surface area contributed by atoms with Crippen LogP contribution in [0, 0.1) is 5.92 Å². The molecular formula is C20H22ClN5O4. The minimum atomic E-state index is -1.11. The molecule has 1 saturated carbocycles. The van der Waals surface area contributed by atoms with Gasteiger partial charge < -0.3 is 24.9 Å². The number of rotatable bonds is 4. The molecule has 1 aliphatic rings. The SMILES string of the molecule is CC(=O)N/N=c1/nc[nH]c2c1ccn2[C@@H]1C[C@H]([C@H](O)c2ccc(Cl)cc2)[C@@H](O)[C@H]1O. The summed E-state index contributed by atoms with van der Waals surface area (Å²) < 4.78 is 1.80. The van der Waals surface area contributed by atoms with Gasteiger partial charge in [-0.25, -0.2) is 10.4 Å². The smallest absolute Gasteiger partial charge is 0.237 e. The highest BCUT2D eigenvalue weighted by atomic mass is 35.5. The number of fused-ring (bicyclic) bond motifs is 1. The largest absolute Gasteiger partial charge is 0.390 e. The van der Waals surface area contributed by atoms with Crippen LogP contribution >= 0.6 is 11.6 Å². The molecule has 0 spiro atoms. The molecule has 2 aromatic heterocycles. The fraction of sp³-hybridized carbons (Fsp3) is 0.350. The number of amides is 1. The molecule has 1 fully saturated rings. The van der Waals surface area contributed by atoms with E-state index in [-0.39, 0.29) is 5.91 Å². The maximum absolute atomic E-state index is 11.1. The summed E-state index contributed by atoms with van der Waals surface area (Å²) in [4.78, 5) is 18.3. The van der Waals surface area contributed by atoms with Crippen molar-refractivity contribution in [1.82, 2.24) is 20.0 Å². The molecular weight excluding hydrogens is 410 g/mol. The van der Waals surface area contributed by atoms with E-state index in [2.05, 4.69) is 20.5 Å². The maximum Gasteiger partial charge on any atom is 0.237 e. The first-order valence-electron chi connectivity index (χ1n) is 9.51. The molecule has 0 bridgehead atoms. The Hall–Kier alpha value is -2.72. The summed E-state index contributed by atoms with van der Waals surface area (Å²) >= 11 is 5.91. The fourth-order valence-corrected chi connectivity index (χ4v) is 4.17. The van der Waals surface area contributed by atoms with Crippen LogP contribution in [-0.4, -0.2) is 48.0 Å². The van der Waals surface area contributed by atoms with Crippen molar-refractivity contribution < 1.29 is 20.1 Å². The molecule has 0 unspecified atom stereocenters. The third kappa shape index (κ3) is 3.72. The van der Waals surface area contributed by atoms with Crippen LogP contribution in [0.4, 0.5) is 0 Å². The van der Waals surface area contributed by atoms with E-state index in [9.17, 15) is 20.1 Å². The molecule has 1 aromatic carbocycles. The van der Waals surface area contributed by atoms with E-state index in [1.807, 2.05) is 0 Å². The summed E-state index contributed by atoms with van der Waals surface area (Å²) in [6, 6.07) is 8.06. The van der Waals surface area contributed by atoms with Gasteiger partial charge in [0.2, 0.25) is 5.91 Å². The molecule has 30 heavy (non-hydrogen) atoms. The molecule has 0 radical (unpaired) electrons. The number of hydrogen-bond donors (Lipinski definition) is 5. The highest BCUT2D eigenvalue weighted by molar-refractivity contribution is 6.30. The van der Waals surface area contributed by atoms with Crippen LogP contribution in [0.25, 0.3) is 11.0 Å². The van der Waals surface area contributed by atoms with E-state index < -0.39 is 30.3 Å². The summed E-state index contributed by atoms with van der Waals surface area (Å²) in [6.45, 7) is 1.35. The second-order valence-electron chi connectivity index (χ2n) is 7.44. The van der Waals surface area contributed by atoms with Crippen LogP contribution in [0.5, 0.6) is 0 Å². The van der Waals surface area contributed by atoms with Gasteiger partial charge >= 0.3 is 0 Å². The van der Waals surface area contributed by atoms with Crippen LogP contribution in [0.15, 0.2) is 48.0 Å². The Morgan fingerprint density at radius 1 is 1.30 bits per heavy atom. The molecule has 4 rings (SSSR count). The molecule has 0 saturated heterocycles. The number of aliphatic hydroxyl groups is 3. The number of nitrogens with zero attached hydrogens (tertiary/aromatic N) is 3. The van der Waals surface area contributed by atoms with Crippen LogP contribution < -0.4 is 10.9 Å². The van der Waals surface area contributed by atoms with Gasteiger partial charge in [0, 0.05) is 24.1 Å². The number of carbonyl (C=O) groups excluding carboxylic acids is 1. The Balaban J connectivity index is 1.65. The number of aromatic nitrogens is 3. The Kier molecular flexibility index (Phi) is 5.61. The van der Waals surface area contributed by atoms with Crippen LogP contribution in [0.3, 0.4) is 0 Å². The fourth-order valence-electron chi connectivity index (χ4n) is 4.04. The van der Waals surface area contributed by atoms with Crippen molar-refractivity contribution in [2.24, 2.45) is 11.0 Å². The molecule has 1 aliphatic carbocycles. The van der Waals surface area contributed by atoms with Crippen molar-refractivity contribution in [2.75, 3.05) is 0 Å². The number of halogens is 1. The Labute approximate surface area is 176 Å². The average Bonchev–Trinajstić information content (AvgIpc) is 3.28. The van der Waals surface area contributed by atoms with Crippen molar-refractivity contribution in [1.29, 1.82) is 0 Å². The summed E-state index contributed by atoms with van der Waals surface area (Å²) in [5.41, 5.74) is 3.94. The lowest BCUT2D eigenvalue weighted by atomic mass is 9.92. The van der Waals surface area contributed by atoms with E-state index >= 15 is 0 Å². The Bertz CT molecular complexity index is 1130. The van der Waals surface area contributed by atoms with E-state index in [4.69, 9.17) is 11.6 Å². The van der Waals surface area contributed by atoms with Crippen molar-refractivity contribution in [3.63, 3.8) is 0 Å². The monoisotopic (exact) mass is 431 g/mol. The first-order valence-corrected chi connectivity index (χ1v) is 9.89. The number of aliphatic hydroxyl groups excluding tert-OH is 3. The van der Waals surface area contributed by atoms with Crippen molar-refractivity contribution >= 4 is 28.5 Å². The zero-order valence-corrected chi connectivity index (χ0v) is 16.9. The number of aromatic amines is 1. The summed E-state index contributed by atoms with van der Waals surface area (Å²) in [5, 5.41) is 37.4. The van der Waals surface area contributed by atoms with Gasteiger partial charge in [0.05, 0.1) is 30.0 Å². The third-order valence-electron chi connectivity index (χ3n) is 5.53. The summed E-state index contributed by atoms with van der Waals surface area (Å²) in [6.07, 6.45) is 0.414. The first-order chi connectivity index (χ1) is 14.4. The lowest BCUT2D eigenvalue weighted by Crippen LogP contribution is -2.31. The quantitative estimate of drug-likeness (QED) is 0.392. The van der Waals surface area contributed by atoms with E-state index in [0.29, 0.717) is 33.5 Å². The number of H-pyrrole nitrogens is 1. The second-order valence-corrected chi connectivity index (χ2v) is 7.87. The number of hydrogen-bond acceptors (Lipinski definition) is 6. The van der Waals surface area contributed by atoms with Crippen molar-refractivity contribution in [3.8, 4) is 0 Å². The Morgan fingerprint density at radius 2 is 2.03 bits per heavy atom. The normalized spacial score (nSPS) is 25.6. The maximum atomic E-state index is 11.1. The minimum absolute atomic E-state index is 0.314. The molecule has 3 aromatic rings. The highest BCUT2D eigenvalue weighted by Gasteiger charge is 2.46. The third-order valence-corrected chi connectivity index (χ3v) is 5.79. The molecule has 2 heterocycles. The minimum Gasteiger partial charge on any atom is -0.390 e. The van der Waals surface area contributed by atoms with Crippen LogP contribution in [-0.2, 0) is 4.79 Å². The van der Waals surface area contributed by atoms with Gasteiger partial charge in [-0.3, -0.25) is 4.79 Å². The van der Waals surface area contributed by atoms with Gasteiger partial charge in [0.15, 0.2) is 5.49 Å². The molecule has 5 atom stereocenters. The van der Waals surface area contributed by atoms with Crippen LogP contribution in [0.1, 0.15) is 31.1 Å². The van der Waals surface area contributed by atoms with E-state index in [0.717, 1.165) is 0 Å². The predicted molar refractivity (Wildman–Crippen MR) is 109 cm³/mol. The predicted octanol–water partition coefficient (Wildman–Crippen LogP) is 0.986. The van der Waals surface area contributed by atoms with Gasteiger partial charge in [0.1, 0.15) is 11.8 Å². The zero-order valence-electron chi connectivity index (χ0n) is 16.1. The van der Waals surface area contributed by atoms with Crippen LogP contribution in [0.2, 0.25) is 5.02 Å². The number of nitrogens with one attached hydrogen (secondary N) is 2. The Morgan fingerprint density at radius 3 is 2.73 bits per heavy atom. The molecule has 5 N–H and O–H groups in total. The molecule has 1 amide bonds. The molecule has 10 heteroatoms. The lowest BCUT2D eigenvalue weighted by Gasteiger charge is -2.22. The standard InChI is InChI=1S/C20H22ClN5O4/c1-10(27)24-25-19-13-6-7-26(20(13)23-9-22-19)15-8-14(17(29)18(15)30)16(28)11-2-4-12(21)5-3-11/h2-7,9,14-18,28-30H,8H2,1H3,(H,24,27)(H,22,23,25)/t14-,15-,16-,17-,18+/m1/s1. The lowest BCUT2D eigenvalue weighted by molar-refractivity contribution is -0.119. The summed E-state index contributed by atoms with van der Waals surface area (Å²) in [5.74, 6) is -0.875. The molecule has 158 valence electrons. The number of carbonyl (C=O) groups is 1. The topological polar surface area (TPSA) is 136 Å². The molecule has 0 aliphatic heterocycles. The van der Waals surface area contributed by atoms with Crippen molar-refractivity contribution in [3.05, 3.63) is 58.9 Å². The van der Waals surface area contributed by atoms with Gasteiger partial charge in [-0.2, -0.15) is 5.10 Å². The summed E-state index contributed by atoms with van der Waals surface area (Å²) in [7, 11) is 0. The molecule has 9 nitrogen and oxygen atoms in total. The highest BCUT2D eigenvalue weighted by Crippen LogP contribution is 2.42. The average molecular weight is 432 g/mol. The van der Waals surface area contributed by atoms with Gasteiger partial charge in [-0.1, -0.05) is 23.7 Å². The second kappa shape index (κ2) is 8.19. The van der Waals surface area contributed by atoms with Gasteiger partial charge in [-0.05, 0) is 30.2 Å². The zero-order chi connectivity index (χ0) is 21.4. The first kappa shape index (κ1) is 20.5. The van der Waals surface area contributed by atoms with E-state index in [1.54, 1.807) is 41.1 Å².